The summed E-state index contributed by atoms with van der Waals surface area (Å²) in [5.41, 5.74) is 3.08. The first-order valence-electron chi connectivity index (χ1n) is 11.3. The quantitative estimate of drug-likeness (QED) is 0.465. The number of halogens is 1. The van der Waals surface area contributed by atoms with Crippen molar-refractivity contribution in [3.63, 3.8) is 0 Å². The Morgan fingerprint density at radius 3 is 2.38 bits per heavy atom. The van der Waals surface area contributed by atoms with E-state index in [1.165, 1.54) is 4.90 Å². The summed E-state index contributed by atoms with van der Waals surface area (Å²) in [5, 5.41) is 3.37. The highest BCUT2D eigenvalue weighted by molar-refractivity contribution is 7.92. The molecule has 0 fully saturated rings. The van der Waals surface area contributed by atoms with Gasteiger partial charge in [0.2, 0.25) is 21.8 Å². The van der Waals surface area contributed by atoms with Gasteiger partial charge in [0.15, 0.2) is 0 Å². The Morgan fingerprint density at radius 2 is 1.79 bits per heavy atom. The van der Waals surface area contributed by atoms with Crippen molar-refractivity contribution in [2.24, 2.45) is 0 Å². The number of hydrogen-bond acceptors (Lipinski definition) is 4. The van der Waals surface area contributed by atoms with Crippen LogP contribution in [0.1, 0.15) is 43.4 Å². The number of aryl methyl sites for hydroxylation is 2. The fraction of sp³-hybridized carbons (Fsp3) is 0.440. The predicted molar refractivity (Wildman–Crippen MR) is 137 cm³/mol. The highest BCUT2D eigenvalue weighted by atomic mass is 35.5. The molecule has 0 aliphatic heterocycles. The Labute approximate surface area is 208 Å². The van der Waals surface area contributed by atoms with Crippen LogP contribution in [0.3, 0.4) is 0 Å². The average Bonchev–Trinajstić information content (AvgIpc) is 2.76. The molecule has 0 radical (unpaired) electrons. The molecule has 0 aliphatic rings. The molecule has 7 nitrogen and oxygen atoms in total. The fourth-order valence-corrected chi connectivity index (χ4v) is 4.50. The predicted octanol–water partition coefficient (Wildman–Crippen LogP) is 4.06. The number of rotatable bonds is 11. The van der Waals surface area contributed by atoms with E-state index in [0.29, 0.717) is 17.3 Å². The molecule has 0 spiro atoms. The summed E-state index contributed by atoms with van der Waals surface area (Å²) in [4.78, 5) is 27.7. The van der Waals surface area contributed by atoms with Crippen LogP contribution in [0.15, 0.2) is 42.5 Å². The standard InChI is InChI=1S/C25H34ClN3O4S/c1-6-7-13-27-25(31)20(4)28(16-21-9-8-10-22(26)15-21)24(30)17-29(34(5,32)33)23-12-11-18(2)19(3)14-23/h8-12,14-15,20H,6-7,13,16-17H2,1-5H3,(H,27,31)/t20-/m0/s1. The number of carbonyl (C=O) groups is 2. The molecule has 2 rings (SSSR count). The summed E-state index contributed by atoms with van der Waals surface area (Å²) in [6.07, 6.45) is 2.83. The minimum absolute atomic E-state index is 0.117. The molecule has 2 aromatic rings. The van der Waals surface area contributed by atoms with Crippen molar-refractivity contribution in [1.29, 1.82) is 0 Å². The van der Waals surface area contributed by atoms with Crippen LogP contribution in [0.2, 0.25) is 5.02 Å². The van der Waals surface area contributed by atoms with Crippen molar-refractivity contribution in [3.8, 4) is 0 Å². The van der Waals surface area contributed by atoms with Gasteiger partial charge < -0.3 is 10.2 Å². The van der Waals surface area contributed by atoms with Crippen LogP contribution in [0, 0.1) is 13.8 Å². The monoisotopic (exact) mass is 507 g/mol. The molecule has 0 heterocycles. The van der Waals surface area contributed by atoms with E-state index in [1.807, 2.05) is 32.9 Å². The molecule has 34 heavy (non-hydrogen) atoms. The smallest absolute Gasteiger partial charge is 0.244 e. The van der Waals surface area contributed by atoms with E-state index in [-0.39, 0.29) is 12.5 Å². The third-order valence-corrected chi connectivity index (χ3v) is 7.07. The van der Waals surface area contributed by atoms with Gasteiger partial charge in [0.25, 0.3) is 0 Å². The third-order valence-electron chi connectivity index (χ3n) is 5.70. The van der Waals surface area contributed by atoms with E-state index in [9.17, 15) is 18.0 Å². The highest BCUT2D eigenvalue weighted by Crippen LogP contribution is 2.22. The van der Waals surface area contributed by atoms with Crippen LogP contribution >= 0.6 is 11.6 Å². The highest BCUT2D eigenvalue weighted by Gasteiger charge is 2.30. The number of nitrogens with one attached hydrogen (secondary N) is 1. The van der Waals surface area contributed by atoms with E-state index in [4.69, 9.17) is 11.6 Å². The minimum atomic E-state index is -3.76. The maximum absolute atomic E-state index is 13.5. The van der Waals surface area contributed by atoms with Gasteiger partial charge in [-0.15, -0.1) is 0 Å². The summed E-state index contributed by atoms with van der Waals surface area (Å²) in [7, 11) is -3.76. The first-order chi connectivity index (χ1) is 15.9. The number of sulfonamides is 1. The molecule has 2 amide bonds. The van der Waals surface area contributed by atoms with Crippen LogP contribution in [-0.2, 0) is 26.2 Å². The van der Waals surface area contributed by atoms with Crippen molar-refractivity contribution < 1.29 is 18.0 Å². The van der Waals surface area contributed by atoms with Gasteiger partial charge in [-0.2, -0.15) is 0 Å². The molecule has 0 saturated carbocycles. The molecule has 186 valence electrons. The van der Waals surface area contributed by atoms with E-state index in [2.05, 4.69) is 5.32 Å². The van der Waals surface area contributed by atoms with Gasteiger partial charge in [0, 0.05) is 18.1 Å². The van der Waals surface area contributed by atoms with Crippen LogP contribution in [0.4, 0.5) is 5.69 Å². The van der Waals surface area contributed by atoms with Crippen molar-refractivity contribution in [3.05, 3.63) is 64.2 Å². The van der Waals surface area contributed by atoms with E-state index >= 15 is 0 Å². The molecule has 0 aliphatic carbocycles. The number of amides is 2. The average molecular weight is 508 g/mol. The number of carbonyl (C=O) groups excluding carboxylic acids is 2. The van der Waals surface area contributed by atoms with Crippen LogP contribution in [0.5, 0.6) is 0 Å². The van der Waals surface area contributed by atoms with Gasteiger partial charge in [-0.1, -0.05) is 43.1 Å². The Balaban J connectivity index is 2.37. The summed E-state index contributed by atoms with van der Waals surface area (Å²) < 4.78 is 26.3. The number of anilines is 1. The molecule has 0 saturated heterocycles. The summed E-state index contributed by atoms with van der Waals surface area (Å²) >= 11 is 6.12. The normalized spacial score (nSPS) is 12.2. The van der Waals surface area contributed by atoms with Crippen LogP contribution in [-0.4, -0.2) is 50.5 Å². The topological polar surface area (TPSA) is 86.8 Å². The second-order valence-corrected chi connectivity index (χ2v) is 10.9. The molecular formula is C25H34ClN3O4S. The maximum Gasteiger partial charge on any atom is 0.244 e. The molecule has 1 N–H and O–H groups in total. The van der Waals surface area contributed by atoms with Gasteiger partial charge in [0.05, 0.1) is 11.9 Å². The summed E-state index contributed by atoms with van der Waals surface area (Å²) in [6, 6.07) is 11.5. The number of unbranched alkanes of at least 4 members (excludes halogenated alkanes) is 1. The van der Waals surface area contributed by atoms with Crippen molar-refractivity contribution in [2.75, 3.05) is 23.7 Å². The third kappa shape index (κ3) is 7.74. The van der Waals surface area contributed by atoms with E-state index in [1.54, 1.807) is 37.3 Å². The van der Waals surface area contributed by atoms with Crippen LogP contribution in [0.25, 0.3) is 0 Å². The Hall–Kier alpha value is -2.58. The zero-order valence-electron chi connectivity index (χ0n) is 20.5. The maximum atomic E-state index is 13.5. The molecule has 9 heteroatoms. The van der Waals surface area contributed by atoms with Gasteiger partial charge in [0.1, 0.15) is 12.6 Å². The lowest BCUT2D eigenvalue weighted by molar-refractivity contribution is -0.139. The summed E-state index contributed by atoms with van der Waals surface area (Å²) in [6.45, 7) is 7.69. The van der Waals surface area contributed by atoms with Gasteiger partial charge in [-0.3, -0.25) is 13.9 Å². The lowest BCUT2D eigenvalue weighted by atomic mass is 10.1. The van der Waals surface area contributed by atoms with Crippen molar-refractivity contribution in [1.82, 2.24) is 10.2 Å². The molecule has 2 aromatic carbocycles. The van der Waals surface area contributed by atoms with Gasteiger partial charge in [-0.25, -0.2) is 8.42 Å². The SMILES string of the molecule is CCCCNC(=O)[C@H](C)N(Cc1cccc(Cl)c1)C(=O)CN(c1ccc(C)c(C)c1)S(C)(=O)=O. The van der Waals surface area contributed by atoms with Crippen LogP contribution < -0.4 is 9.62 Å². The lowest BCUT2D eigenvalue weighted by Crippen LogP contribution is -2.51. The number of benzene rings is 2. The molecule has 0 unspecified atom stereocenters. The lowest BCUT2D eigenvalue weighted by Gasteiger charge is -2.31. The first kappa shape index (κ1) is 27.7. The zero-order chi connectivity index (χ0) is 25.5. The largest absolute Gasteiger partial charge is 0.354 e. The van der Waals surface area contributed by atoms with Crippen molar-refractivity contribution >= 4 is 39.1 Å². The number of hydrogen-bond donors (Lipinski definition) is 1. The fourth-order valence-electron chi connectivity index (χ4n) is 3.45. The molecular weight excluding hydrogens is 474 g/mol. The van der Waals surface area contributed by atoms with E-state index in [0.717, 1.165) is 40.1 Å². The van der Waals surface area contributed by atoms with E-state index < -0.39 is 28.5 Å². The second-order valence-electron chi connectivity index (χ2n) is 8.51. The van der Waals surface area contributed by atoms with Crippen molar-refractivity contribution in [2.45, 2.75) is 53.1 Å². The molecule has 0 bridgehead atoms. The molecule has 1 atom stereocenters. The first-order valence-corrected chi connectivity index (χ1v) is 13.5. The number of nitrogens with zero attached hydrogens (tertiary/aromatic N) is 2. The zero-order valence-corrected chi connectivity index (χ0v) is 22.0. The van der Waals surface area contributed by atoms with Gasteiger partial charge in [-0.05, 0) is 68.1 Å². The Bertz CT molecular complexity index is 1120. The molecule has 0 aromatic heterocycles. The van der Waals surface area contributed by atoms with Gasteiger partial charge >= 0.3 is 0 Å². The Morgan fingerprint density at radius 1 is 1.09 bits per heavy atom. The second kappa shape index (κ2) is 12.2. The summed E-state index contributed by atoms with van der Waals surface area (Å²) in [5.74, 6) is -0.775. The Kier molecular flexibility index (Phi) is 9.94. The minimum Gasteiger partial charge on any atom is -0.354 e.